The van der Waals surface area contributed by atoms with Crippen LogP contribution in [0.2, 0.25) is 0 Å². The Morgan fingerprint density at radius 3 is 2.39 bits per heavy atom. The van der Waals surface area contributed by atoms with E-state index >= 15 is 0 Å². The molecule has 1 aromatic carbocycles. The zero-order chi connectivity index (χ0) is 19.9. The number of hydrogen-bond donors (Lipinski definition) is 1. The van der Waals surface area contributed by atoms with Crippen molar-refractivity contribution in [1.82, 2.24) is 10.2 Å². The molecule has 1 aliphatic heterocycles. The molecule has 6 nitrogen and oxygen atoms in total. The molecule has 1 N–H and O–H groups in total. The predicted molar refractivity (Wildman–Crippen MR) is 110 cm³/mol. The first kappa shape index (κ1) is 20.2. The fraction of sp³-hybridized carbons (Fsp3) is 0.545. The summed E-state index contributed by atoms with van der Waals surface area (Å²) < 4.78 is 5.46. The SMILES string of the molecule is C=CCNC(=O)C1CCC(C(=O)N2CCN(c3ccccc3OC)CC2)CC1. The normalized spacial score (nSPS) is 22.5. The maximum atomic E-state index is 12.9. The van der Waals surface area contributed by atoms with Crippen LogP contribution in [0.5, 0.6) is 5.75 Å². The summed E-state index contributed by atoms with van der Waals surface area (Å²) in [5.41, 5.74) is 1.09. The molecule has 0 radical (unpaired) electrons. The van der Waals surface area contributed by atoms with E-state index in [9.17, 15) is 9.59 Å². The Balaban J connectivity index is 1.48. The molecule has 1 heterocycles. The Hall–Kier alpha value is -2.50. The van der Waals surface area contributed by atoms with Gasteiger partial charge in [0, 0.05) is 44.6 Å². The van der Waals surface area contributed by atoms with Crippen LogP contribution in [0.3, 0.4) is 0 Å². The van der Waals surface area contributed by atoms with Gasteiger partial charge in [0.15, 0.2) is 0 Å². The first-order valence-corrected chi connectivity index (χ1v) is 10.2. The number of benzene rings is 1. The molecule has 2 amide bonds. The van der Waals surface area contributed by atoms with E-state index in [1.165, 1.54) is 0 Å². The molecule has 0 unspecified atom stereocenters. The number of carbonyl (C=O) groups excluding carboxylic acids is 2. The van der Waals surface area contributed by atoms with Gasteiger partial charge in [-0.3, -0.25) is 9.59 Å². The minimum atomic E-state index is 0.0337. The van der Waals surface area contributed by atoms with E-state index in [-0.39, 0.29) is 23.7 Å². The van der Waals surface area contributed by atoms with E-state index in [0.717, 1.165) is 63.3 Å². The molecule has 2 aliphatic rings. The van der Waals surface area contributed by atoms with Crippen LogP contribution in [0, 0.1) is 11.8 Å². The number of para-hydroxylation sites is 2. The lowest BCUT2D eigenvalue weighted by Crippen LogP contribution is -2.51. The molecule has 1 aliphatic carbocycles. The lowest BCUT2D eigenvalue weighted by atomic mass is 9.81. The van der Waals surface area contributed by atoms with Gasteiger partial charge in [-0.05, 0) is 37.8 Å². The number of hydrogen-bond acceptors (Lipinski definition) is 4. The van der Waals surface area contributed by atoms with Gasteiger partial charge in [-0.1, -0.05) is 18.2 Å². The van der Waals surface area contributed by atoms with Crippen molar-refractivity contribution >= 4 is 17.5 Å². The summed E-state index contributed by atoms with van der Waals surface area (Å²) in [7, 11) is 1.69. The van der Waals surface area contributed by atoms with Gasteiger partial charge in [-0.2, -0.15) is 0 Å². The fourth-order valence-electron chi connectivity index (χ4n) is 4.24. The molecule has 152 valence electrons. The number of nitrogens with zero attached hydrogens (tertiary/aromatic N) is 2. The summed E-state index contributed by atoms with van der Waals surface area (Å²) in [5, 5.41) is 2.87. The van der Waals surface area contributed by atoms with Crippen LogP contribution in [0.4, 0.5) is 5.69 Å². The molecule has 1 saturated heterocycles. The number of piperazine rings is 1. The van der Waals surface area contributed by atoms with Crippen molar-refractivity contribution in [3.05, 3.63) is 36.9 Å². The van der Waals surface area contributed by atoms with Crippen LogP contribution in [-0.2, 0) is 9.59 Å². The van der Waals surface area contributed by atoms with Crippen LogP contribution in [0.1, 0.15) is 25.7 Å². The van der Waals surface area contributed by atoms with Crippen LogP contribution in [0.15, 0.2) is 36.9 Å². The standard InChI is InChI=1S/C22H31N3O3/c1-3-12-23-21(26)17-8-10-18(11-9-17)22(27)25-15-13-24(14-16-25)19-6-4-5-7-20(19)28-2/h3-7,17-18H,1,8-16H2,2H3,(H,23,26). The monoisotopic (exact) mass is 385 g/mol. The van der Waals surface area contributed by atoms with Crippen molar-refractivity contribution in [2.45, 2.75) is 25.7 Å². The first-order chi connectivity index (χ1) is 13.6. The van der Waals surface area contributed by atoms with Gasteiger partial charge < -0.3 is 19.9 Å². The van der Waals surface area contributed by atoms with Crippen molar-refractivity contribution in [2.75, 3.05) is 44.7 Å². The molecule has 2 fully saturated rings. The third-order valence-corrected chi connectivity index (χ3v) is 5.89. The van der Waals surface area contributed by atoms with E-state index in [2.05, 4.69) is 22.9 Å². The Morgan fingerprint density at radius 2 is 1.75 bits per heavy atom. The predicted octanol–water partition coefficient (Wildman–Crippen LogP) is 2.45. The summed E-state index contributed by atoms with van der Waals surface area (Å²) in [5.74, 6) is 1.31. The number of methoxy groups -OCH3 is 1. The Morgan fingerprint density at radius 1 is 1.11 bits per heavy atom. The van der Waals surface area contributed by atoms with Crippen LogP contribution in [0.25, 0.3) is 0 Å². The van der Waals surface area contributed by atoms with Crippen LogP contribution in [-0.4, -0.2) is 56.5 Å². The second-order valence-electron chi connectivity index (χ2n) is 7.57. The van der Waals surface area contributed by atoms with Crippen molar-refractivity contribution in [3.8, 4) is 5.75 Å². The topological polar surface area (TPSA) is 61.9 Å². The first-order valence-electron chi connectivity index (χ1n) is 10.2. The summed E-state index contributed by atoms with van der Waals surface area (Å²) >= 11 is 0. The van der Waals surface area contributed by atoms with E-state index in [1.807, 2.05) is 23.1 Å². The molecule has 28 heavy (non-hydrogen) atoms. The number of ether oxygens (including phenoxy) is 1. The van der Waals surface area contributed by atoms with E-state index in [4.69, 9.17) is 4.74 Å². The zero-order valence-corrected chi connectivity index (χ0v) is 16.7. The Labute approximate surface area is 167 Å². The van der Waals surface area contributed by atoms with Gasteiger partial charge >= 0.3 is 0 Å². The zero-order valence-electron chi connectivity index (χ0n) is 16.7. The maximum absolute atomic E-state index is 12.9. The molecule has 0 spiro atoms. The van der Waals surface area contributed by atoms with Crippen molar-refractivity contribution in [2.24, 2.45) is 11.8 Å². The molecule has 0 aromatic heterocycles. The molecular weight excluding hydrogens is 354 g/mol. The second kappa shape index (κ2) is 9.62. The van der Waals surface area contributed by atoms with Crippen LogP contribution < -0.4 is 15.0 Å². The highest BCUT2D eigenvalue weighted by Crippen LogP contribution is 2.32. The lowest BCUT2D eigenvalue weighted by Gasteiger charge is -2.39. The molecule has 1 saturated carbocycles. The number of carbonyl (C=O) groups is 2. The number of nitrogens with one attached hydrogen (secondary N) is 1. The van der Waals surface area contributed by atoms with Gasteiger partial charge in [-0.15, -0.1) is 6.58 Å². The lowest BCUT2D eigenvalue weighted by molar-refractivity contribution is -0.138. The Kier molecular flexibility index (Phi) is 6.95. The van der Waals surface area contributed by atoms with Crippen molar-refractivity contribution in [1.29, 1.82) is 0 Å². The summed E-state index contributed by atoms with van der Waals surface area (Å²) in [4.78, 5) is 29.3. The average molecular weight is 386 g/mol. The van der Waals surface area contributed by atoms with Gasteiger partial charge in [0.25, 0.3) is 0 Å². The molecule has 3 rings (SSSR count). The van der Waals surface area contributed by atoms with Gasteiger partial charge in [-0.25, -0.2) is 0 Å². The Bertz CT molecular complexity index is 690. The smallest absolute Gasteiger partial charge is 0.225 e. The molecule has 1 aromatic rings. The summed E-state index contributed by atoms with van der Waals surface area (Å²) in [6, 6.07) is 8.01. The highest BCUT2D eigenvalue weighted by Gasteiger charge is 2.33. The van der Waals surface area contributed by atoms with Gasteiger partial charge in [0.05, 0.1) is 12.8 Å². The van der Waals surface area contributed by atoms with E-state index in [0.29, 0.717) is 6.54 Å². The van der Waals surface area contributed by atoms with Gasteiger partial charge in [0.1, 0.15) is 5.75 Å². The third kappa shape index (κ3) is 4.66. The highest BCUT2D eigenvalue weighted by molar-refractivity contribution is 5.81. The second-order valence-corrected chi connectivity index (χ2v) is 7.57. The average Bonchev–Trinajstić information content (AvgIpc) is 2.77. The molecule has 6 heteroatoms. The molecule has 0 bridgehead atoms. The minimum absolute atomic E-state index is 0.0337. The number of anilines is 1. The minimum Gasteiger partial charge on any atom is -0.495 e. The quantitative estimate of drug-likeness (QED) is 0.764. The van der Waals surface area contributed by atoms with Crippen LogP contribution >= 0.6 is 0 Å². The summed E-state index contributed by atoms with van der Waals surface area (Å²) in [6.45, 7) is 7.22. The third-order valence-electron chi connectivity index (χ3n) is 5.89. The largest absolute Gasteiger partial charge is 0.495 e. The number of amides is 2. The fourth-order valence-corrected chi connectivity index (χ4v) is 4.24. The van der Waals surface area contributed by atoms with E-state index in [1.54, 1.807) is 13.2 Å². The summed E-state index contributed by atoms with van der Waals surface area (Å²) in [6.07, 6.45) is 4.88. The van der Waals surface area contributed by atoms with Gasteiger partial charge in [0.2, 0.25) is 11.8 Å². The van der Waals surface area contributed by atoms with Crippen molar-refractivity contribution in [3.63, 3.8) is 0 Å². The molecular formula is C22H31N3O3. The van der Waals surface area contributed by atoms with E-state index < -0.39 is 0 Å². The molecule has 0 atom stereocenters. The maximum Gasteiger partial charge on any atom is 0.225 e. The van der Waals surface area contributed by atoms with Crippen molar-refractivity contribution < 1.29 is 14.3 Å². The number of rotatable bonds is 6. The highest BCUT2D eigenvalue weighted by atomic mass is 16.5.